The maximum Gasteiger partial charge on any atom is 0.416 e. The van der Waals surface area contributed by atoms with Crippen LogP contribution in [0.15, 0.2) is 36.8 Å². The first-order valence-electron chi connectivity index (χ1n) is 14.8. The van der Waals surface area contributed by atoms with Gasteiger partial charge in [0.1, 0.15) is 18.0 Å². The van der Waals surface area contributed by atoms with E-state index in [0.717, 1.165) is 19.3 Å². The highest BCUT2D eigenvalue weighted by Crippen LogP contribution is 2.41. The van der Waals surface area contributed by atoms with E-state index in [4.69, 9.17) is 4.74 Å². The van der Waals surface area contributed by atoms with Crippen molar-refractivity contribution in [3.05, 3.63) is 59.0 Å². The summed E-state index contributed by atoms with van der Waals surface area (Å²) >= 11 is 0. The molecule has 1 fully saturated rings. The van der Waals surface area contributed by atoms with E-state index in [1.54, 1.807) is 48.1 Å². The number of hydrogen-bond acceptors (Lipinski definition) is 8. The monoisotopic (exact) mass is 623 g/mol. The maximum atomic E-state index is 14.5. The van der Waals surface area contributed by atoms with Gasteiger partial charge in [-0.25, -0.2) is 4.98 Å². The van der Waals surface area contributed by atoms with Crippen LogP contribution in [-0.2, 0) is 38.1 Å². The Morgan fingerprint density at radius 2 is 1.91 bits per heavy atom. The molecule has 1 aliphatic heterocycles. The number of rotatable bonds is 10. The number of ether oxygens (including phenoxy) is 1. The maximum absolute atomic E-state index is 14.5. The molecule has 0 spiro atoms. The number of likely N-dealkylation sites (N-methyl/N-ethyl adjacent to an activating group) is 1. The first-order valence-corrected chi connectivity index (χ1v) is 14.8. The Morgan fingerprint density at radius 1 is 1.13 bits per heavy atom. The van der Waals surface area contributed by atoms with Crippen molar-refractivity contribution >= 4 is 17.5 Å². The van der Waals surface area contributed by atoms with Gasteiger partial charge in [0.25, 0.3) is 5.91 Å². The van der Waals surface area contributed by atoms with Gasteiger partial charge in [-0.05, 0) is 68.6 Å². The summed E-state index contributed by atoms with van der Waals surface area (Å²) in [6.45, 7) is 3.04. The molecule has 3 aromatic heterocycles. The number of nitrogens with one attached hydrogen (secondary N) is 1. The fraction of sp³-hybridized carbons (Fsp3) is 0.452. The quantitative estimate of drug-likeness (QED) is 0.266. The summed E-state index contributed by atoms with van der Waals surface area (Å²) < 4.78 is 52.6. The second-order valence-corrected chi connectivity index (χ2v) is 11.9. The number of amides is 1. The molecule has 6 rings (SSSR count). The van der Waals surface area contributed by atoms with E-state index < -0.39 is 17.6 Å². The van der Waals surface area contributed by atoms with E-state index in [-0.39, 0.29) is 35.6 Å². The van der Waals surface area contributed by atoms with E-state index in [1.807, 2.05) is 32.0 Å². The highest BCUT2D eigenvalue weighted by Gasteiger charge is 2.42. The van der Waals surface area contributed by atoms with Crippen LogP contribution in [0.1, 0.15) is 53.2 Å². The van der Waals surface area contributed by atoms with Gasteiger partial charge in [-0.1, -0.05) is 0 Å². The molecule has 0 radical (unpaired) electrons. The minimum absolute atomic E-state index is 0.0378. The van der Waals surface area contributed by atoms with Crippen LogP contribution in [0.5, 0.6) is 0 Å². The number of pyridine rings is 1. The molecule has 45 heavy (non-hydrogen) atoms. The lowest BCUT2D eigenvalue weighted by Crippen LogP contribution is -2.48. The van der Waals surface area contributed by atoms with Gasteiger partial charge in [0, 0.05) is 52.0 Å². The Kier molecular flexibility index (Phi) is 7.89. The molecule has 14 heteroatoms. The third-order valence-corrected chi connectivity index (χ3v) is 8.73. The summed E-state index contributed by atoms with van der Waals surface area (Å²) in [6, 6.07) is 6.28. The summed E-state index contributed by atoms with van der Waals surface area (Å²) in [6.07, 6.45) is 1.52. The fourth-order valence-electron chi connectivity index (χ4n) is 6.39. The van der Waals surface area contributed by atoms with Crippen LogP contribution >= 0.6 is 0 Å². The number of aryl methyl sites for hydroxylation is 2. The Labute approximate surface area is 259 Å². The molecule has 1 amide bonds. The molecule has 1 N–H and O–H groups in total. The van der Waals surface area contributed by atoms with Crippen molar-refractivity contribution in [2.45, 2.75) is 51.1 Å². The molecule has 0 unspecified atom stereocenters. The number of aromatic nitrogens is 6. The lowest BCUT2D eigenvalue weighted by Gasteiger charge is -2.43. The number of anilines is 2. The largest absolute Gasteiger partial charge is 0.416 e. The van der Waals surface area contributed by atoms with Crippen molar-refractivity contribution in [2.24, 2.45) is 14.1 Å². The van der Waals surface area contributed by atoms with Crippen LogP contribution in [0, 0.1) is 0 Å². The van der Waals surface area contributed by atoms with Gasteiger partial charge in [0.05, 0.1) is 35.2 Å². The number of carbonyl (C=O) groups excluding carboxylic acids is 1. The van der Waals surface area contributed by atoms with E-state index in [1.165, 1.54) is 11.0 Å². The normalized spacial score (nSPS) is 15.9. The van der Waals surface area contributed by atoms with Crippen LogP contribution in [0.25, 0.3) is 22.6 Å². The molecular weight excluding hydrogens is 587 g/mol. The van der Waals surface area contributed by atoms with E-state index in [2.05, 4.69) is 25.6 Å². The van der Waals surface area contributed by atoms with Gasteiger partial charge in [0.2, 0.25) is 0 Å². The number of alkyl halides is 3. The molecule has 0 bridgehead atoms. The second-order valence-electron chi connectivity index (χ2n) is 11.9. The topological polar surface area (TPSA) is 106 Å². The standard InChI is InChI=1S/C31H36F3N9O2/c1-6-35-25-12-20(27-22(14-37-42(27)4)28-39-36-18-41(28)3)13-26(38-25)43-16-23-21(29(43)44)10-19(11-24(23)31(32,33)34)15-40(2)17-30(45-5)8-7-9-30/h10-14,18H,6-9,15-17H2,1-5H3,(H,35,38). The zero-order valence-corrected chi connectivity index (χ0v) is 25.9. The Hall–Kier alpha value is -4.30. The SMILES string of the molecule is CCNc1cc(-c2c(-c3nncn3C)cnn2C)cc(N2Cc3c(cc(CN(C)CC4(OC)CCC4)cc3C(F)(F)F)C2=O)n1. The zero-order valence-electron chi connectivity index (χ0n) is 25.9. The van der Waals surface area contributed by atoms with Gasteiger partial charge in [0.15, 0.2) is 5.82 Å². The van der Waals surface area contributed by atoms with Crippen LogP contribution in [0.4, 0.5) is 24.8 Å². The summed E-state index contributed by atoms with van der Waals surface area (Å²) in [7, 11) is 7.14. The number of nitrogens with zero attached hydrogens (tertiary/aromatic N) is 8. The summed E-state index contributed by atoms with van der Waals surface area (Å²) in [4.78, 5) is 21.8. The predicted octanol–water partition coefficient (Wildman–Crippen LogP) is 4.89. The molecule has 4 heterocycles. The zero-order chi connectivity index (χ0) is 32.1. The number of carbonyl (C=O) groups is 1. The molecule has 1 saturated carbocycles. The van der Waals surface area contributed by atoms with Crippen molar-refractivity contribution in [2.75, 3.05) is 37.5 Å². The van der Waals surface area contributed by atoms with Gasteiger partial charge >= 0.3 is 6.18 Å². The smallest absolute Gasteiger partial charge is 0.377 e. The third kappa shape index (κ3) is 5.68. The minimum Gasteiger partial charge on any atom is -0.377 e. The highest BCUT2D eigenvalue weighted by molar-refractivity contribution is 6.10. The Balaban J connectivity index is 1.38. The van der Waals surface area contributed by atoms with Crippen molar-refractivity contribution in [1.82, 2.24) is 34.4 Å². The predicted molar refractivity (Wildman–Crippen MR) is 162 cm³/mol. The summed E-state index contributed by atoms with van der Waals surface area (Å²) in [5, 5.41) is 15.8. The first kappa shape index (κ1) is 30.7. The van der Waals surface area contributed by atoms with Gasteiger partial charge in [-0.2, -0.15) is 18.3 Å². The van der Waals surface area contributed by atoms with Crippen LogP contribution in [0.3, 0.4) is 0 Å². The van der Waals surface area contributed by atoms with Gasteiger partial charge < -0.3 is 14.6 Å². The lowest BCUT2D eigenvalue weighted by atomic mass is 9.79. The van der Waals surface area contributed by atoms with Crippen molar-refractivity contribution in [1.29, 1.82) is 0 Å². The van der Waals surface area contributed by atoms with Crippen LogP contribution < -0.4 is 10.2 Å². The number of methoxy groups -OCH3 is 1. The van der Waals surface area contributed by atoms with Gasteiger partial charge in [-0.15, -0.1) is 10.2 Å². The molecule has 4 aromatic rings. The van der Waals surface area contributed by atoms with Crippen LogP contribution in [-0.4, -0.2) is 73.2 Å². The molecule has 2 aliphatic rings. The van der Waals surface area contributed by atoms with E-state index in [9.17, 15) is 18.0 Å². The molecule has 11 nitrogen and oxygen atoms in total. The average molecular weight is 624 g/mol. The van der Waals surface area contributed by atoms with Crippen molar-refractivity contribution in [3.63, 3.8) is 0 Å². The van der Waals surface area contributed by atoms with E-state index >= 15 is 0 Å². The molecule has 238 valence electrons. The summed E-state index contributed by atoms with van der Waals surface area (Å²) in [5.74, 6) is 0.763. The highest BCUT2D eigenvalue weighted by atomic mass is 19.4. The van der Waals surface area contributed by atoms with Crippen molar-refractivity contribution in [3.8, 4) is 22.6 Å². The van der Waals surface area contributed by atoms with Crippen molar-refractivity contribution < 1.29 is 22.7 Å². The third-order valence-electron chi connectivity index (χ3n) is 8.73. The molecule has 1 aromatic carbocycles. The molecular formula is C31H36F3N9O2. The lowest BCUT2D eigenvalue weighted by molar-refractivity contribution is -0.138. The van der Waals surface area contributed by atoms with Gasteiger partial charge in [-0.3, -0.25) is 19.3 Å². The number of hydrogen-bond donors (Lipinski definition) is 1. The molecule has 1 aliphatic carbocycles. The Morgan fingerprint density at radius 3 is 2.53 bits per heavy atom. The number of fused-ring (bicyclic) bond motifs is 1. The molecule has 0 atom stereocenters. The number of halogens is 3. The first-order chi connectivity index (χ1) is 21.4. The van der Waals surface area contributed by atoms with E-state index in [0.29, 0.717) is 47.1 Å². The average Bonchev–Trinajstić information content (AvgIpc) is 3.66. The van der Waals surface area contributed by atoms with Crippen LogP contribution in [0.2, 0.25) is 0 Å². The Bertz CT molecular complexity index is 1740. The number of benzene rings is 1. The minimum atomic E-state index is -4.64. The summed E-state index contributed by atoms with van der Waals surface area (Å²) in [5.41, 5.74) is 1.40. The second kappa shape index (κ2) is 11.6. The molecule has 0 saturated heterocycles. The fourth-order valence-corrected chi connectivity index (χ4v) is 6.39.